The van der Waals surface area contributed by atoms with E-state index in [1.807, 2.05) is 0 Å². The summed E-state index contributed by atoms with van der Waals surface area (Å²) < 4.78 is 41.3. The number of benzene rings is 2. The number of hydrogen-bond donors (Lipinski definition) is 3. The van der Waals surface area contributed by atoms with E-state index >= 15 is 0 Å². The number of thiazole rings is 1. The number of aryl methyl sites for hydroxylation is 1. The van der Waals surface area contributed by atoms with Crippen molar-refractivity contribution in [1.82, 2.24) is 4.98 Å². The Morgan fingerprint density at radius 3 is 2.64 bits per heavy atom. The fraction of sp³-hybridized carbons (Fsp3) is 0.273. The van der Waals surface area contributed by atoms with E-state index < -0.39 is 18.8 Å². The van der Waals surface area contributed by atoms with Gasteiger partial charge in [0, 0.05) is 16.6 Å². The van der Waals surface area contributed by atoms with E-state index in [1.165, 1.54) is 35.6 Å². The van der Waals surface area contributed by atoms with Gasteiger partial charge in [-0.2, -0.15) is 0 Å². The Bertz CT molecular complexity index is 1090. The summed E-state index contributed by atoms with van der Waals surface area (Å²) in [7, 11) is 0. The van der Waals surface area contributed by atoms with Gasteiger partial charge in [0.15, 0.2) is 5.13 Å². The van der Waals surface area contributed by atoms with Gasteiger partial charge in [-0.25, -0.2) is 4.98 Å². The number of carbonyl (C=O) groups excluding carboxylic acids is 1. The molecule has 0 aliphatic carbocycles. The zero-order valence-electron chi connectivity index (χ0n) is 20.2. The van der Waals surface area contributed by atoms with Crippen molar-refractivity contribution in [3.8, 4) is 0 Å². The molecule has 0 radical (unpaired) electrons. The van der Waals surface area contributed by atoms with Crippen molar-refractivity contribution in [3.05, 3.63) is 76.8 Å². The van der Waals surface area contributed by atoms with Crippen LogP contribution in [0.15, 0.2) is 60.0 Å². The zero-order valence-corrected chi connectivity index (χ0v) is 16.0. The second-order valence-corrected chi connectivity index (χ2v) is 6.94. The molecule has 2 aromatic carbocycles. The lowest BCUT2D eigenvalue weighted by atomic mass is 10.0. The van der Waals surface area contributed by atoms with Crippen molar-refractivity contribution < 1.29 is 16.8 Å². The molecule has 5 nitrogen and oxygen atoms in total. The van der Waals surface area contributed by atoms with Crippen LogP contribution in [-0.2, 0) is 17.6 Å². The zero-order chi connectivity index (χ0) is 24.3. The smallest absolute Gasteiger partial charge is 0.230 e. The van der Waals surface area contributed by atoms with E-state index in [0.717, 1.165) is 0 Å². The number of nitrogens with one attached hydrogen (secondary N) is 1. The predicted octanol–water partition coefficient (Wildman–Crippen LogP) is 4.35. The van der Waals surface area contributed by atoms with Gasteiger partial charge in [-0.05, 0) is 42.4 Å². The summed E-state index contributed by atoms with van der Waals surface area (Å²) in [4.78, 5) is 16.2. The molecule has 0 spiro atoms. The first-order valence-corrected chi connectivity index (χ1v) is 9.67. The molecular weight excluding hydrogens is 370 g/mol. The molecule has 6 heteroatoms. The maximum atomic E-state index is 12.2. The van der Waals surface area contributed by atoms with E-state index in [-0.39, 0.29) is 30.7 Å². The lowest BCUT2D eigenvalue weighted by Gasteiger charge is -2.10. The number of nitrogen functional groups attached to an aromatic ring is 1. The minimum absolute atomic E-state index is 0.0722. The topological polar surface area (TPSA) is 88.2 Å². The molecule has 1 atom stereocenters. The number of carbonyl (C=O) groups is 1. The second-order valence-electron chi connectivity index (χ2n) is 6.05. The van der Waals surface area contributed by atoms with E-state index in [4.69, 9.17) is 12.6 Å². The average molecular weight is 401 g/mol. The van der Waals surface area contributed by atoms with Gasteiger partial charge < -0.3 is 16.2 Å². The number of nitrogens with zero attached hydrogens (tertiary/aromatic N) is 1. The Hall–Kier alpha value is -2.70. The monoisotopic (exact) mass is 400 g/mol. The van der Waals surface area contributed by atoms with Crippen LogP contribution < -0.4 is 11.1 Å². The van der Waals surface area contributed by atoms with Gasteiger partial charge in [0.1, 0.15) is 0 Å². The van der Waals surface area contributed by atoms with Crippen LogP contribution in [0.3, 0.4) is 0 Å². The lowest BCUT2D eigenvalue weighted by molar-refractivity contribution is -0.115. The number of hydrogen-bond acceptors (Lipinski definition) is 5. The van der Waals surface area contributed by atoms with Crippen LogP contribution >= 0.6 is 11.3 Å². The Morgan fingerprint density at radius 2 is 1.96 bits per heavy atom. The van der Waals surface area contributed by atoms with E-state index in [1.54, 1.807) is 35.7 Å². The number of amides is 1. The Morgan fingerprint density at radius 1 is 1.21 bits per heavy atom. The van der Waals surface area contributed by atoms with Crippen LogP contribution in [-0.4, -0.2) is 16.0 Å². The number of aromatic nitrogens is 1. The van der Waals surface area contributed by atoms with Crippen LogP contribution in [0.5, 0.6) is 0 Å². The fourth-order valence-electron chi connectivity index (χ4n) is 2.53. The third-order valence-corrected chi connectivity index (χ3v) is 4.60. The molecule has 1 aromatic heterocycles. The molecule has 1 heterocycles. The van der Waals surface area contributed by atoms with Crippen molar-refractivity contribution in [2.24, 2.45) is 0 Å². The molecule has 146 valence electrons. The maximum Gasteiger partial charge on any atom is 0.230 e. The minimum atomic E-state index is -2.51. The lowest BCUT2D eigenvalue weighted by Crippen LogP contribution is -2.14. The average Bonchev–Trinajstić information content (AvgIpc) is 3.17. The molecule has 0 saturated heterocycles. The summed E-state index contributed by atoms with van der Waals surface area (Å²) in [6, 6.07) is 14.0. The van der Waals surface area contributed by atoms with Gasteiger partial charge in [0.2, 0.25) is 5.91 Å². The van der Waals surface area contributed by atoms with Gasteiger partial charge in [0.05, 0.1) is 19.6 Å². The third-order valence-electron chi connectivity index (χ3n) is 3.87. The van der Waals surface area contributed by atoms with Gasteiger partial charge in [0.25, 0.3) is 0 Å². The minimum Gasteiger partial charge on any atom is -0.388 e. The fourth-order valence-corrected chi connectivity index (χ4v) is 3.09. The first-order chi connectivity index (χ1) is 15.4. The highest BCUT2D eigenvalue weighted by molar-refractivity contribution is 7.13. The maximum absolute atomic E-state index is 12.2. The highest BCUT2D eigenvalue weighted by Crippen LogP contribution is 2.20. The summed E-state index contributed by atoms with van der Waals surface area (Å²) in [5.41, 5.74) is 7.03. The number of nitrogens with two attached hydrogens (primary N) is 1. The molecule has 0 saturated carbocycles. The van der Waals surface area contributed by atoms with Crippen LogP contribution in [0.4, 0.5) is 10.8 Å². The Kier molecular flexibility index (Phi) is 5.12. The molecule has 0 aliphatic rings. The van der Waals surface area contributed by atoms with Gasteiger partial charge >= 0.3 is 0 Å². The normalized spacial score (nSPS) is 16.7. The number of rotatable bonds is 9. The highest BCUT2D eigenvalue weighted by atomic mass is 32.1. The standard InChI is InChI=1S/C22H25N3O2S/c23-22-25-19(15-28-22)14-21(27)24-18-12-10-16(11-13-18)6-4-5-9-20(26)17-7-2-1-3-8-17/h1-3,7-8,10-13,15,20,26H,4-6,9,14H2,(H2,23,25)(H,24,27)/t20-/m0/s1/i6D2,9D2,20D. The largest absolute Gasteiger partial charge is 0.388 e. The molecule has 0 fully saturated rings. The number of aliphatic hydroxyl groups is 1. The molecule has 1 amide bonds. The van der Waals surface area contributed by atoms with E-state index in [9.17, 15) is 9.90 Å². The quantitative estimate of drug-likeness (QED) is 0.498. The SMILES string of the molecule is [2H]C([2H])(CCC([2H])([2H])[C@]([2H])(O)c1ccccc1)c1ccc(NC(=O)Cc2csc(N)n2)cc1. The molecule has 4 N–H and O–H groups in total. The molecule has 3 rings (SSSR count). The highest BCUT2D eigenvalue weighted by Gasteiger charge is 2.08. The van der Waals surface area contributed by atoms with Gasteiger partial charge in [-0.15, -0.1) is 11.3 Å². The first kappa shape index (κ1) is 14.3. The molecular formula is C22H25N3O2S. The molecule has 0 bridgehead atoms. The third kappa shape index (κ3) is 6.18. The summed E-state index contributed by atoms with van der Waals surface area (Å²) in [6.07, 6.45) is -7.34. The van der Waals surface area contributed by atoms with E-state index in [0.29, 0.717) is 22.1 Å². The van der Waals surface area contributed by atoms with Gasteiger partial charge in [-0.1, -0.05) is 48.9 Å². The predicted molar refractivity (Wildman–Crippen MR) is 114 cm³/mol. The molecule has 0 aliphatic heterocycles. The summed E-state index contributed by atoms with van der Waals surface area (Å²) in [6.45, 7) is 0. The van der Waals surface area contributed by atoms with E-state index in [2.05, 4.69) is 10.3 Å². The first-order valence-electron chi connectivity index (χ1n) is 11.3. The summed E-state index contributed by atoms with van der Waals surface area (Å²) in [5.74, 6) is -0.278. The second kappa shape index (κ2) is 10.0. The summed E-state index contributed by atoms with van der Waals surface area (Å²) >= 11 is 1.25. The molecule has 0 unspecified atom stereocenters. The Balaban J connectivity index is 1.62. The molecule has 3 aromatic rings. The van der Waals surface area contributed by atoms with Gasteiger partial charge in [-0.3, -0.25) is 4.79 Å². The number of anilines is 2. The van der Waals surface area contributed by atoms with Crippen molar-refractivity contribution >= 4 is 28.1 Å². The van der Waals surface area contributed by atoms with Crippen LogP contribution in [0.1, 0.15) is 49.0 Å². The molecule has 28 heavy (non-hydrogen) atoms. The Labute approximate surface area is 176 Å². The van der Waals surface area contributed by atoms with Crippen LogP contribution in [0.2, 0.25) is 0 Å². The van der Waals surface area contributed by atoms with Crippen LogP contribution in [0, 0.1) is 0 Å². The van der Waals surface area contributed by atoms with Crippen LogP contribution in [0.25, 0.3) is 0 Å². The van der Waals surface area contributed by atoms with Crippen molar-refractivity contribution in [3.63, 3.8) is 0 Å². The van der Waals surface area contributed by atoms with Crippen molar-refractivity contribution in [2.75, 3.05) is 11.1 Å². The van der Waals surface area contributed by atoms with Crippen molar-refractivity contribution in [1.29, 1.82) is 0 Å². The summed E-state index contributed by atoms with van der Waals surface area (Å²) in [5, 5.41) is 15.3. The van der Waals surface area contributed by atoms with Crippen molar-refractivity contribution in [2.45, 2.75) is 38.1 Å².